The quantitative estimate of drug-likeness (QED) is 0.917. The van der Waals surface area contributed by atoms with Crippen LogP contribution < -0.4 is 10.5 Å². The van der Waals surface area contributed by atoms with Crippen molar-refractivity contribution in [3.05, 3.63) is 35.4 Å². The number of nitrogens with two attached hydrogens (primary N) is 1. The summed E-state index contributed by atoms with van der Waals surface area (Å²) in [5, 5.41) is 4.32. The van der Waals surface area contributed by atoms with Crippen molar-refractivity contribution < 1.29 is 4.74 Å². The summed E-state index contributed by atoms with van der Waals surface area (Å²) in [6.07, 6.45) is 2.57. The lowest BCUT2D eigenvalue weighted by atomic mass is 10.1. The second kappa shape index (κ2) is 5.40. The maximum absolute atomic E-state index is 5.93. The Balaban J connectivity index is 2.20. The van der Waals surface area contributed by atoms with Crippen LogP contribution in [0.4, 0.5) is 0 Å². The second-order valence-electron chi connectivity index (χ2n) is 4.66. The summed E-state index contributed by atoms with van der Waals surface area (Å²) in [5.74, 6) is 1.49. The van der Waals surface area contributed by atoms with E-state index < -0.39 is 0 Å². The van der Waals surface area contributed by atoms with E-state index in [1.54, 1.807) is 10.9 Å². The zero-order chi connectivity index (χ0) is 14.0. The van der Waals surface area contributed by atoms with Crippen LogP contribution in [0.3, 0.4) is 0 Å². The summed E-state index contributed by atoms with van der Waals surface area (Å²) in [4.78, 5) is 4.33. The van der Waals surface area contributed by atoms with Gasteiger partial charge in [-0.3, -0.25) is 9.67 Å². The molecule has 0 aliphatic rings. The minimum absolute atomic E-state index is 0.0177. The van der Waals surface area contributed by atoms with Crippen LogP contribution in [0.1, 0.15) is 36.5 Å². The molecule has 0 radical (unpaired) electrons. The maximum Gasteiger partial charge on any atom is 0.171 e. The van der Waals surface area contributed by atoms with Gasteiger partial charge in [-0.15, -0.1) is 0 Å². The Morgan fingerprint density at radius 1 is 1.37 bits per heavy atom. The second-order valence-corrected chi connectivity index (χ2v) is 4.66. The van der Waals surface area contributed by atoms with Crippen LogP contribution in [0, 0.1) is 13.8 Å². The molecular formula is C14H20N4O. The smallest absolute Gasteiger partial charge is 0.171 e. The summed E-state index contributed by atoms with van der Waals surface area (Å²) < 4.78 is 7.65. The van der Waals surface area contributed by atoms with Gasteiger partial charge in [0.15, 0.2) is 5.75 Å². The van der Waals surface area contributed by atoms with Crippen molar-refractivity contribution in [1.82, 2.24) is 14.8 Å². The number of hydrogen-bond donors (Lipinski definition) is 1. The Hall–Kier alpha value is -1.88. The standard InChI is InChI=1S/C14H20N4O/c1-5-12(15)13-7-6-11(8-16-13)19-14-9(2)17-18(4)10(14)3/h6-8,12H,5,15H2,1-4H3/t12-/m0/s1. The molecule has 0 amide bonds. The first-order valence-corrected chi connectivity index (χ1v) is 6.42. The first kappa shape index (κ1) is 13.5. The molecule has 0 unspecified atom stereocenters. The predicted molar refractivity (Wildman–Crippen MR) is 74.2 cm³/mol. The fourth-order valence-corrected chi connectivity index (χ4v) is 1.90. The van der Waals surface area contributed by atoms with Crippen LogP contribution in [0.15, 0.2) is 18.3 Å². The molecule has 2 N–H and O–H groups in total. The van der Waals surface area contributed by atoms with Crippen LogP contribution in [0.25, 0.3) is 0 Å². The third-order valence-electron chi connectivity index (χ3n) is 3.24. The molecule has 0 spiro atoms. The largest absolute Gasteiger partial charge is 0.452 e. The van der Waals surface area contributed by atoms with Gasteiger partial charge in [-0.25, -0.2) is 0 Å². The summed E-state index contributed by atoms with van der Waals surface area (Å²) >= 11 is 0. The zero-order valence-electron chi connectivity index (χ0n) is 11.8. The van der Waals surface area contributed by atoms with Gasteiger partial charge >= 0.3 is 0 Å². The van der Waals surface area contributed by atoms with Gasteiger partial charge in [0.05, 0.1) is 17.6 Å². The van der Waals surface area contributed by atoms with E-state index in [1.807, 2.05) is 40.0 Å². The van der Waals surface area contributed by atoms with Crippen molar-refractivity contribution in [2.45, 2.75) is 33.2 Å². The molecule has 2 heterocycles. The van der Waals surface area contributed by atoms with Crippen LogP contribution in [-0.2, 0) is 7.05 Å². The van der Waals surface area contributed by atoms with Gasteiger partial charge in [0.25, 0.3) is 0 Å². The Labute approximate surface area is 113 Å². The molecule has 5 nitrogen and oxygen atoms in total. The Kier molecular flexibility index (Phi) is 3.85. The van der Waals surface area contributed by atoms with E-state index in [4.69, 9.17) is 10.5 Å². The zero-order valence-corrected chi connectivity index (χ0v) is 11.8. The lowest BCUT2D eigenvalue weighted by molar-refractivity contribution is 0.470. The molecule has 0 aromatic carbocycles. The number of hydrogen-bond acceptors (Lipinski definition) is 4. The summed E-state index contributed by atoms with van der Waals surface area (Å²) in [7, 11) is 1.90. The van der Waals surface area contributed by atoms with Crippen molar-refractivity contribution >= 4 is 0 Å². The average molecular weight is 260 g/mol. The number of rotatable bonds is 4. The van der Waals surface area contributed by atoms with Gasteiger partial charge in [0, 0.05) is 13.1 Å². The van der Waals surface area contributed by atoms with E-state index >= 15 is 0 Å². The molecule has 102 valence electrons. The van der Waals surface area contributed by atoms with E-state index in [9.17, 15) is 0 Å². The van der Waals surface area contributed by atoms with Crippen molar-refractivity contribution in [2.24, 2.45) is 12.8 Å². The van der Waals surface area contributed by atoms with Gasteiger partial charge in [0.2, 0.25) is 0 Å². The number of aryl methyl sites for hydroxylation is 2. The van der Waals surface area contributed by atoms with Gasteiger partial charge in [-0.2, -0.15) is 5.10 Å². The van der Waals surface area contributed by atoms with Gasteiger partial charge in [-0.05, 0) is 32.4 Å². The molecule has 2 aromatic heterocycles. The van der Waals surface area contributed by atoms with E-state index in [0.29, 0.717) is 5.75 Å². The van der Waals surface area contributed by atoms with Crippen molar-refractivity contribution in [3.8, 4) is 11.5 Å². The molecule has 0 aliphatic heterocycles. The van der Waals surface area contributed by atoms with Crippen LogP contribution in [-0.4, -0.2) is 14.8 Å². The van der Waals surface area contributed by atoms with Crippen molar-refractivity contribution in [1.29, 1.82) is 0 Å². The van der Waals surface area contributed by atoms with E-state index in [0.717, 1.165) is 29.3 Å². The van der Waals surface area contributed by atoms with E-state index in [1.165, 1.54) is 0 Å². The molecule has 19 heavy (non-hydrogen) atoms. The first-order chi connectivity index (χ1) is 9.02. The van der Waals surface area contributed by atoms with Crippen molar-refractivity contribution in [3.63, 3.8) is 0 Å². The van der Waals surface area contributed by atoms with Crippen LogP contribution >= 0.6 is 0 Å². The fourth-order valence-electron chi connectivity index (χ4n) is 1.90. The third kappa shape index (κ3) is 2.76. The molecule has 1 atom stereocenters. The maximum atomic E-state index is 5.93. The number of ether oxygens (including phenoxy) is 1. The molecule has 0 saturated carbocycles. The normalized spacial score (nSPS) is 12.5. The minimum atomic E-state index is -0.0177. The monoisotopic (exact) mass is 260 g/mol. The molecule has 0 bridgehead atoms. The van der Waals surface area contributed by atoms with Crippen LogP contribution in [0.2, 0.25) is 0 Å². The lowest BCUT2D eigenvalue weighted by Gasteiger charge is -2.09. The summed E-state index contributed by atoms with van der Waals surface area (Å²) in [6.45, 7) is 5.94. The molecular weight excluding hydrogens is 240 g/mol. The lowest BCUT2D eigenvalue weighted by Crippen LogP contribution is -2.10. The fraction of sp³-hybridized carbons (Fsp3) is 0.429. The topological polar surface area (TPSA) is 66.0 Å². The Morgan fingerprint density at radius 2 is 2.11 bits per heavy atom. The highest BCUT2D eigenvalue weighted by Gasteiger charge is 2.12. The highest BCUT2D eigenvalue weighted by atomic mass is 16.5. The average Bonchev–Trinajstić information content (AvgIpc) is 2.65. The summed E-state index contributed by atoms with van der Waals surface area (Å²) in [5.41, 5.74) is 8.68. The molecule has 0 saturated heterocycles. The third-order valence-corrected chi connectivity index (χ3v) is 3.24. The van der Waals surface area contributed by atoms with E-state index in [2.05, 4.69) is 10.1 Å². The molecule has 0 fully saturated rings. The molecule has 2 rings (SSSR count). The Morgan fingerprint density at radius 3 is 2.58 bits per heavy atom. The van der Waals surface area contributed by atoms with Gasteiger partial charge in [0.1, 0.15) is 11.4 Å². The van der Waals surface area contributed by atoms with Crippen molar-refractivity contribution in [2.75, 3.05) is 0 Å². The highest BCUT2D eigenvalue weighted by molar-refractivity contribution is 5.36. The van der Waals surface area contributed by atoms with Gasteiger partial charge in [-0.1, -0.05) is 6.92 Å². The number of nitrogens with zero attached hydrogens (tertiary/aromatic N) is 3. The minimum Gasteiger partial charge on any atom is -0.452 e. The molecule has 5 heteroatoms. The SMILES string of the molecule is CC[C@H](N)c1ccc(Oc2c(C)nn(C)c2C)cn1. The van der Waals surface area contributed by atoms with E-state index in [-0.39, 0.29) is 6.04 Å². The number of pyridine rings is 1. The first-order valence-electron chi connectivity index (χ1n) is 6.42. The van der Waals surface area contributed by atoms with Crippen LogP contribution in [0.5, 0.6) is 11.5 Å². The molecule has 0 aliphatic carbocycles. The predicted octanol–water partition coefficient (Wildman–Crippen LogP) is 2.63. The highest BCUT2D eigenvalue weighted by Crippen LogP contribution is 2.27. The Bertz CT molecular complexity index is 560. The number of aromatic nitrogens is 3. The molecule has 2 aromatic rings. The summed E-state index contributed by atoms with van der Waals surface area (Å²) in [6, 6.07) is 3.78. The van der Waals surface area contributed by atoms with Gasteiger partial charge < -0.3 is 10.5 Å².